The second kappa shape index (κ2) is 10.3. The van der Waals surface area contributed by atoms with Crippen LogP contribution < -0.4 is 0 Å². The van der Waals surface area contributed by atoms with E-state index >= 15 is 0 Å². The lowest BCUT2D eigenvalue weighted by Crippen LogP contribution is -2.28. The minimum Gasteiger partial charge on any atom is -0.135 e. The van der Waals surface area contributed by atoms with Gasteiger partial charge in [-0.2, -0.15) is 0 Å². The summed E-state index contributed by atoms with van der Waals surface area (Å²) in [5, 5.41) is 3.36. The van der Waals surface area contributed by atoms with Gasteiger partial charge in [-0.1, -0.05) is 157 Å². The first-order chi connectivity index (χ1) is 22.2. The fraction of sp³-hybridized carbons (Fsp3) is 0.0233. The van der Waals surface area contributed by atoms with Crippen molar-refractivity contribution in [3.05, 3.63) is 191 Å². The van der Waals surface area contributed by atoms with Crippen LogP contribution in [0.5, 0.6) is 0 Å². The molecular weight excluding hydrogens is 584 g/mol. The highest BCUT2D eigenvalue weighted by atomic mass is 35.5. The van der Waals surface area contributed by atoms with Crippen molar-refractivity contribution in [3.8, 4) is 33.4 Å². The lowest BCUT2D eigenvalue weighted by molar-refractivity contribution is 0.768. The molecule has 1 aromatic heterocycles. The number of benzene rings is 7. The second-order valence-electron chi connectivity index (χ2n) is 11.7. The first kappa shape index (κ1) is 26.5. The second-order valence-corrected chi connectivity index (χ2v) is 13.2. The Morgan fingerprint density at radius 1 is 0.444 bits per heavy atom. The van der Waals surface area contributed by atoms with E-state index in [1.807, 2.05) is 11.3 Å². The maximum Gasteiger partial charge on any atom is 0.0713 e. The molecule has 45 heavy (non-hydrogen) atoms. The summed E-state index contributed by atoms with van der Waals surface area (Å²) < 4.78 is 2.62. The molecule has 0 amide bonds. The molecule has 0 N–H and O–H groups in total. The van der Waals surface area contributed by atoms with E-state index in [0.29, 0.717) is 0 Å². The van der Waals surface area contributed by atoms with Crippen LogP contribution in [0.3, 0.4) is 0 Å². The van der Waals surface area contributed by atoms with Crippen molar-refractivity contribution >= 4 is 43.1 Å². The van der Waals surface area contributed by atoms with Crippen molar-refractivity contribution in [1.29, 1.82) is 0 Å². The van der Waals surface area contributed by atoms with Crippen molar-refractivity contribution in [2.45, 2.75) is 5.41 Å². The van der Waals surface area contributed by atoms with Gasteiger partial charge in [0.15, 0.2) is 0 Å². The minimum absolute atomic E-state index is 0.447. The minimum atomic E-state index is -0.447. The van der Waals surface area contributed by atoms with E-state index in [0.717, 1.165) is 16.1 Å². The summed E-state index contributed by atoms with van der Waals surface area (Å²) in [6.07, 6.45) is 0. The van der Waals surface area contributed by atoms with E-state index in [2.05, 4.69) is 164 Å². The van der Waals surface area contributed by atoms with Crippen LogP contribution in [0.1, 0.15) is 22.3 Å². The molecule has 8 aromatic rings. The Kier molecular flexibility index (Phi) is 6.06. The van der Waals surface area contributed by atoms with Gasteiger partial charge >= 0.3 is 0 Å². The van der Waals surface area contributed by atoms with E-state index in [1.165, 1.54) is 64.7 Å². The zero-order valence-electron chi connectivity index (χ0n) is 24.4. The van der Waals surface area contributed by atoms with E-state index in [-0.39, 0.29) is 0 Å². The average molecular weight is 611 g/mol. The van der Waals surface area contributed by atoms with Gasteiger partial charge in [0.25, 0.3) is 0 Å². The molecular formula is C43H27ClS. The Balaban J connectivity index is 1.32. The predicted molar refractivity (Wildman–Crippen MR) is 193 cm³/mol. The van der Waals surface area contributed by atoms with Crippen LogP contribution in [0.25, 0.3) is 53.6 Å². The quantitative estimate of drug-likeness (QED) is 0.186. The van der Waals surface area contributed by atoms with E-state index < -0.39 is 5.41 Å². The summed E-state index contributed by atoms with van der Waals surface area (Å²) in [6, 6.07) is 59.4. The molecule has 0 fully saturated rings. The van der Waals surface area contributed by atoms with Gasteiger partial charge in [-0.25, -0.2) is 0 Å². The summed E-state index contributed by atoms with van der Waals surface area (Å²) in [5.41, 5.74) is 11.8. The fourth-order valence-electron chi connectivity index (χ4n) is 7.59. The average Bonchev–Trinajstić information content (AvgIpc) is 3.64. The van der Waals surface area contributed by atoms with Gasteiger partial charge in [-0.05, 0) is 68.3 Å². The molecule has 1 aliphatic carbocycles. The van der Waals surface area contributed by atoms with Gasteiger partial charge in [0.2, 0.25) is 0 Å². The zero-order valence-corrected chi connectivity index (χ0v) is 25.9. The van der Waals surface area contributed by atoms with Gasteiger partial charge in [-0.15, -0.1) is 11.3 Å². The van der Waals surface area contributed by atoms with Crippen LogP contribution in [0.4, 0.5) is 0 Å². The number of halogens is 1. The third-order valence-electron chi connectivity index (χ3n) is 9.45. The van der Waals surface area contributed by atoms with Crippen molar-refractivity contribution in [2.24, 2.45) is 0 Å². The summed E-state index contributed by atoms with van der Waals surface area (Å²) >= 11 is 9.00. The molecule has 2 heteroatoms. The van der Waals surface area contributed by atoms with Crippen LogP contribution in [0.15, 0.2) is 164 Å². The Bertz CT molecular complexity index is 2340. The lowest BCUT2D eigenvalue weighted by atomic mass is 9.67. The van der Waals surface area contributed by atoms with Crippen molar-refractivity contribution in [3.63, 3.8) is 0 Å². The highest BCUT2D eigenvalue weighted by molar-refractivity contribution is 7.26. The number of fused-ring (bicyclic) bond motifs is 6. The third kappa shape index (κ3) is 3.85. The number of hydrogen-bond donors (Lipinski definition) is 0. The van der Waals surface area contributed by atoms with E-state index in [9.17, 15) is 0 Å². The molecule has 0 bridgehead atoms. The van der Waals surface area contributed by atoms with E-state index in [4.69, 9.17) is 11.6 Å². The van der Waals surface area contributed by atoms with Gasteiger partial charge in [0.1, 0.15) is 0 Å². The summed E-state index contributed by atoms with van der Waals surface area (Å²) in [7, 11) is 0. The number of thiophene rings is 1. The molecule has 1 aliphatic rings. The van der Waals surface area contributed by atoms with Crippen LogP contribution in [0, 0.1) is 0 Å². The summed E-state index contributed by atoms with van der Waals surface area (Å²) in [6.45, 7) is 0. The van der Waals surface area contributed by atoms with Crippen LogP contribution in [-0.2, 0) is 5.41 Å². The first-order valence-corrected chi connectivity index (χ1v) is 16.5. The van der Waals surface area contributed by atoms with Crippen molar-refractivity contribution in [2.75, 3.05) is 0 Å². The molecule has 0 unspecified atom stereocenters. The standard InChI is InChI=1S/C43H27ClS/c44-39-26-25-28(31-19-11-21-34-32-17-8-10-24-40(32)45-42(31)34)27-36(39)33-20-12-23-38-41(33)35-18-7-9-22-37(35)43(38,29-13-3-1-4-14-29)30-15-5-2-6-16-30/h1-27H. The summed E-state index contributed by atoms with van der Waals surface area (Å²) in [4.78, 5) is 0. The van der Waals surface area contributed by atoms with Crippen LogP contribution >= 0.6 is 22.9 Å². The zero-order chi connectivity index (χ0) is 30.0. The fourth-order valence-corrected chi connectivity index (χ4v) is 9.05. The molecule has 0 nitrogen and oxygen atoms in total. The topological polar surface area (TPSA) is 0 Å². The molecule has 0 aliphatic heterocycles. The molecule has 0 saturated heterocycles. The van der Waals surface area contributed by atoms with Gasteiger partial charge in [0.05, 0.1) is 5.41 Å². The lowest BCUT2D eigenvalue weighted by Gasteiger charge is -2.34. The number of rotatable bonds is 4. The normalized spacial score (nSPS) is 13.2. The van der Waals surface area contributed by atoms with Gasteiger partial charge in [-0.3, -0.25) is 0 Å². The SMILES string of the molecule is Clc1ccc(-c2cccc3c2sc2ccccc23)cc1-c1cccc2c1-c1ccccc1C2(c1ccccc1)c1ccccc1. The maximum atomic E-state index is 7.14. The smallest absolute Gasteiger partial charge is 0.0713 e. The van der Waals surface area contributed by atoms with Gasteiger partial charge < -0.3 is 0 Å². The highest BCUT2D eigenvalue weighted by Gasteiger charge is 2.46. The molecule has 212 valence electrons. The Hall–Kier alpha value is -4.95. The maximum absolute atomic E-state index is 7.14. The molecule has 0 saturated carbocycles. The summed E-state index contributed by atoms with van der Waals surface area (Å²) in [5.74, 6) is 0. The molecule has 9 rings (SSSR count). The largest absolute Gasteiger partial charge is 0.135 e. The number of hydrogen-bond acceptors (Lipinski definition) is 1. The van der Waals surface area contributed by atoms with Crippen molar-refractivity contribution < 1.29 is 0 Å². The molecule has 7 aromatic carbocycles. The van der Waals surface area contributed by atoms with E-state index in [1.54, 1.807) is 0 Å². The molecule has 1 heterocycles. The first-order valence-electron chi connectivity index (χ1n) is 15.3. The molecule has 0 atom stereocenters. The molecule has 0 spiro atoms. The Labute approximate surface area is 271 Å². The van der Waals surface area contributed by atoms with Gasteiger partial charge in [0, 0.05) is 30.8 Å². The Morgan fingerprint density at radius 2 is 1.04 bits per heavy atom. The van der Waals surface area contributed by atoms with Crippen LogP contribution in [0.2, 0.25) is 5.02 Å². The van der Waals surface area contributed by atoms with Crippen LogP contribution in [-0.4, -0.2) is 0 Å². The Morgan fingerprint density at radius 3 is 1.84 bits per heavy atom. The predicted octanol–water partition coefficient (Wildman–Crippen LogP) is 12.4. The molecule has 0 radical (unpaired) electrons. The third-order valence-corrected chi connectivity index (χ3v) is 11.0. The monoisotopic (exact) mass is 610 g/mol. The highest BCUT2D eigenvalue weighted by Crippen LogP contribution is 2.58. The van der Waals surface area contributed by atoms with Crippen molar-refractivity contribution in [1.82, 2.24) is 0 Å².